The van der Waals surface area contributed by atoms with Gasteiger partial charge in [-0.1, -0.05) is 40.0 Å². The van der Waals surface area contributed by atoms with Crippen LogP contribution in [0.15, 0.2) is 48.5 Å². The van der Waals surface area contributed by atoms with Gasteiger partial charge in [-0.25, -0.2) is 5.48 Å². The summed E-state index contributed by atoms with van der Waals surface area (Å²) in [6.45, 7) is 7.19. The molecule has 214 valence electrons. The van der Waals surface area contributed by atoms with Crippen LogP contribution in [-0.4, -0.2) is 48.1 Å². The topological polar surface area (TPSA) is 146 Å². The zero-order valence-electron chi connectivity index (χ0n) is 22.6. The van der Waals surface area contributed by atoms with Crippen molar-refractivity contribution in [2.75, 3.05) is 18.4 Å². The summed E-state index contributed by atoms with van der Waals surface area (Å²) >= 11 is 0. The zero-order chi connectivity index (χ0) is 28.2. The Kier molecular flexibility index (Phi) is 10.1. The first-order valence-electron chi connectivity index (χ1n) is 13.3. The molecule has 4 rings (SSSR count). The Morgan fingerprint density at radius 1 is 1.00 bits per heavy atom. The normalized spacial score (nSPS) is 22.7. The van der Waals surface area contributed by atoms with Gasteiger partial charge >= 0.3 is 0 Å². The predicted molar refractivity (Wildman–Crippen MR) is 155 cm³/mol. The highest BCUT2D eigenvalue weighted by molar-refractivity contribution is 5.97. The first-order chi connectivity index (χ1) is 18.6. The van der Waals surface area contributed by atoms with Crippen LogP contribution < -0.4 is 27.2 Å². The van der Waals surface area contributed by atoms with Crippen LogP contribution in [0, 0.1) is 35.0 Å². The summed E-state index contributed by atoms with van der Waals surface area (Å²) in [5.41, 5.74) is 9.82. The Morgan fingerprint density at radius 3 is 2.10 bits per heavy atom. The highest BCUT2D eigenvalue weighted by atomic mass is 16.5. The number of anilines is 1. The molecule has 9 heteroatoms. The largest absolute Gasteiger partial charge is 0.339 e. The van der Waals surface area contributed by atoms with Crippen LogP contribution >= 0.6 is 0 Å². The zero-order valence-corrected chi connectivity index (χ0v) is 22.6. The molecule has 9 nitrogen and oxygen atoms in total. The number of benzene rings is 2. The number of rotatable bonds is 8. The second-order valence-electron chi connectivity index (χ2n) is 11.1. The van der Waals surface area contributed by atoms with Gasteiger partial charge in [-0.15, -0.1) is 0 Å². The van der Waals surface area contributed by atoms with E-state index in [-0.39, 0.29) is 19.9 Å². The second kappa shape index (κ2) is 13.1. The van der Waals surface area contributed by atoms with Gasteiger partial charge in [0.2, 0.25) is 5.91 Å². The molecule has 0 radical (unpaired) electrons. The fourth-order valence-electron chi connectivity index (χ4n) is 6.36. The fraction of sp³-hybridized carbons (Fsp3) is 0.452. The van der Waals surface area contributed by atoms with Crippen molar-refractivity contribution < 1.29 is 19.6 Å². The summed E-state index contributed by atoms with van der Waals surface area (Å²) in [6, 6.07) is 13.3. The van der Waals surface area contributed by atoms with E-state index in [1.807, 2.05) is 24.3 Å². The number of hydroxylamine groups is 1. The quantitative estimate of drug-likeness (QED) is 0.170. The Bertz CT molecular complexity index is 1260. The molecule has 2 aliphatic carbocycles. The lowest BCUT2D eigenvalue weighted by molar-refractivity contribution is -0.130. The molecule has 2 fully saturated rings. The lowest BCUT2D eigenvalue weighted by Crippen LogP contribution is -2.50. The third-order valence-electron chi connectivity index (χ3n) is 8.47. The van der Waals surface area contributed by atoms with Crippen LogP contribution in [0.1, 0.15) is 62.5 Å². The Balaban J connectivity index is 0.00000441. The first-order valence-corrected chi connectivity index (χ1v) is 13.3. The summed E-state index contributed by atoms with van der Waals surface area (Å²) in [7, 11) is 0. The van der Waals surface area contributed by atoms with Crippen molar-refractivity contribution in [3.63, 3.8) is 0 Å². The fourth-order valence-corrected chi connectivity index (χ4v) is 6.36. The van der Waals surface area contributed by atoms with Crippen molar-refractivity contribution in [1.82, 2.24) is 16.1 Å². The average Bonchev–Trinajstić information content (AvgIpc) is 3.33. The minimum absolute atomic E-state index is 0. The van der Waals surface area contributed by atoms with Crippen LogP contribution in [-0.2, 0) is 9.59 Å². The smallest absolute Gasteiger partial charge is 0.267 e. The first kappa shape index (κ1) is 30.8. The van der Waals surface area contributed by atoms with Crippen molar-refractivity contribution in [3.05, 3.63) is 65.2 Å². The monoisotopic (exact) mass is 547 g/mol. The number of carbonyl (C=O) groups excluding carboxylic acids is 3. The van der Waals surface area contributed by atoms with Crippen LogP contribution in [0.4, 0.5) is 5.69 Å². The number of nitrogens with two attached hydrogens (primary N) is 1. The molecule has 0 aromatic heterocycles. The molecule has 2 aromatic rings. The molecule has 0 spiro atoms. The van der Waals surface area contributed by atoms with Crippen LogP contribution in [0.3, 0.4) is 0 Å². The van der Waals surface area contributed by atoms with Crippen LogP contribution in [0.2, 0.25) is 0 Å². The third-order valence-corrected chi connectivity index (χ3v) is 8.47. The van der Waals surface area contributed by atoms with E-state index in [1.54, 1.807) is 24.3 Å². The van der Waals surface area contributed by atoms with Crippen LogP contribution in [0.25, 0.3) is 0 Å². The third kappa shape index (κ3) is 6.70. The maximum atomic E-state index is 12.6. The lowest BCUT2D eigenvalue weighted by atomic mass is 9.80. The Hall–Kier alpha value is -3.71. The minimum Gasteiger partial charge on any atom is -0.339 e. The molecule has 2 aliphatic rings. The standard InChI is InChI=1S/C30H37N5O4.CH4/c1-18-23-14-15-24(30(23,2)3)27(18)32-17-26(36)33-22-12-8-20(9-13-22)5-4-19-6-10-21(11-7-19)28(37)34-25(16-31)29(38)35-39;/h6-13,18,23-25,27,32,39H,14-17,31H2,1-3H3,(H,33,36)(H,34,37)(H,35,38);1H4/t18-,23-,24+,25-,27+;/m0./s1. The van der Waals surface area contributed by atoms with Crippen molar-refractivity contribution in [1.29, 1.82) is 0 Å². The van der Waals surface area contributed by atoms with Crippen molar-refractivity contribution >= 4 is 23.4 Å². The number of amides is 3. The summed E-state index contributed by atoms with van der Waals surface area (Å²) in [4.78, 5) is 36.4. The van der Waals surface area contributed by atoms with Gasteiger partial charge in [0.25, 0.3) is 11.8 Å². The number of fused-ring (bicyclic) bond motifs is 2. The van der Waals surface area contributed by atoms with Gasteiger partial charge in [0.1, 0.15) is 6.04 Å². The summed E-state index contributed by atoms with van der Waals surface area (Å²) in [6.07, 6.45) is 2.54. The van der Waals surface area contributed by atoms with E-state index in [1.165, 1.54) is 18.3 Å². The summed E-state index contributed by atoms with van der Waals surface area (Å²) < 4.78 is 0. The molecule has 0 aliphatic heterocycles. The molecule has 2 bridgehead atoms. The van der Waals surface area contributed by atoms with Gasteiger partial charge < -0.3 is 21.7 Å². The summed E-state index contributed by atoms with van der Waals surface area (Å²) in [5, 5.41) is 17.7. The number of hydrogen-bond donors (Lipinski definition) is 6. The molecule has 7 N–H and O–H groups in total. The Labute approximate surface area is 236 Å². The highest BCUT2D eigenvalue weighted by Crippen LogP contribution is 2.60. The van der Waals surface area contributed by atoms with E-state index in [0.29, 0.717) is 41.0 Å². The Morgan fingerprint density at radius 2 is 1.57 bits per heavy atom. The molecular formula is C31H41N5O4. The maximum absolute atomic E-state index is 12.6. The van der Waals surface area contributed by atoms with Gasteiger partial charge in [-0.3, -0.25) is 19.6 Å². The predicted octanol–water partition coefficient (Wildman–Crippen LogP) is 2.88. The van der Waals surface area contributed by atoms with Crippen LogP contribution in [0.5, 0.6) is 0 Å². The van der Waals surface area contributed by atoms with E-state index >= 15 is 0 Å². The van der Waals surface area contributed by atoms with E-state index in [0.717, 1.165) is 17.2 Å². The molecule has 0 unspecified atom stereocenters. The molecule has 40 heavy (non-hydrogen) atoms. The van der Waals surface area contributed by atoms with E-state index in [4.69, 9.17) is 10.9 Å². The molecule has 2 saturated carbocycles. The minimum atomic E-state index is -1.04. The molecule has 3 amide bonds. The molecule has 0 saturated heterocycles. The summed E-state index contributed by atoms with van der Waals surface area (Å²) in [5.74, 6) is 6.72. The number of nitrogens with one attached hydrogen (secondary N) is 4. The second-order valence-corrected chi connectivity index (χ2v) is 11.1. The average molecular weight is 548 g/mol. The molecule has 5 atom stereocenters. The van der Waals surface area contributed by atoms with Crippen molar-refractivity contribution in [3.8, 4) is 11.8 Å². The van der Waals surface area contributed by atoms with E-state index in [9.17, 15) is 14.4 Å². The lowest BCUT2D eigenvalue weighted by Gasteiger charge is -2.29. The van der Waals surface area contributed by atoms with E-state index < -0.39 is 17.9 Å². The van der Waals surface area contributed by atoms with Gasteiger partial charge in [-0.2, -0.15) is 0 Å². The molecule has 0 heterocycles. The number of hydrogen-bond acceptors (Lipinski definition) is 6. The number of carbonyl (C=O) groups is 3. The van der Waals surface area contributed by atoms with Crippen molar-refractivity contribution in [2.45, 2.75) is 53.1 Å². The van der Waals surface area contributed by atoms with Gasteiger partial charge in [0.05, 0.1) is 6.54 Å². The molecular weight excluding hydrogens is 506 g/mol. The SMILES string of the molecule is C.C[C@@H]1[C@@H](NCC(=O)Nc2ccc(C#Cc3ccc(C(=O)N[C@@H](CN)C(=O)NO)cc3)cc2)[C@H]2CC[C@@H]1C2(C)C. The van der Waals surface area contributed by atoms with Crippen molar-refractivity contribution in [2.24, 2.45) is 28.9 Å². The highest BCUT2D eigenvalue weighted by Gasteiger charge is 2.57. The maximum Gasteiger partial charge on any atom is 0.267 e. The molecule has 2 aromatic carbocycles. The van der Waals surface area contributed by atoms with Gasteiger partial charge in [0.15, 0.2) is 0 Å². The van der Waals surface area contributed by atoms with E-state index in [2.05, 4.69) is 48.6 Å². The van der Waals surface area contributed by atoms with Gasteiger partial charge in [0, 0.05) is 35.0 Å². The van der Waals surface area contributed by atoms with Gasteiger partial charge in [-0.05, 0) is 84.5 Å².